The van der Waals surface area contributed by atoms with Crippen LogP contribution >= 0.6 is 0 Å². The Morgan fingerprint density at radius 1 is 1.07 bits per heavy atom. The summed E-state index contributed by atoms with van der Waals surface area (Å²) in [5.74, 6) is 1.25. The van der Waals surface area contributed by atoms with Crippen molar-refractivity contribution in [1.82, 2.24) is 15.5 Å². The summed E-state index contributed by atoms with van der Waals surface area (Å²) in [5, 5.41) is 5.72. The summed E-state index contributed by atoms with van der Waals surface area (Å²) in [6.07, 6.45) is 0.936. The maximum absolute atomic E-state index is 13.0. The normalized spacial score (nSPS) is 18.4. The van der Waals surface area contributed by atoms with Gasteiger partial charge in [-0.1, -0.05) is 56.3 Å². The molecule has 0 fully saturated rings. The first-order chi connectivity index (χ1) is 14.5. The Bertz CT molecular complexity index is 951. The molecule has 1 atom stereocenters. The Labute approximate surface area is 176 Å². The summed E-state index contributed by atoms with van der Waals surface area (Å²) in [7, 11) is 0. The largest absolute Gasteiger partial charge is 0.489 e. The smallest absolute Gasteiger partial charge is 0.319 e. The molecule has 2 heterocycles. The summed E-state index contributed by atoms with van der Waals surface area (Å²) in [5.41, 5.74) is 3.31. The molecule has 1 unspecified atom stereocenters. The van der Waals surface area contributed by atoms with E-state index in [9.17, 15) is 9.59 Å². The standard InChI is InChI=1S/C24H27N3O3/c1-16(2)12-13-27-14-20-21(23(27)28)22(26-24(29)25-20)18-8-10-19(11-9-18)30-15-17-6-4-3-5-7-17/h3-11,16,22H,12-15H2,1-2H3,(H2,25,26,29). The van der Waals surface area contributed by atoms with Gasteiger partial charge in [0.1, 0.15) is 12.4 Å². The van der Waals surface area contributed by atoms with E-state index >= 15 is 0 Å². The monoisotopic (exact) mass is 405 g/mol. The lowest BCUT2D eigenvalue weighted by Crippen LogP contribution is -2.44. The molecular formula is C24H27N3O3. The predicted octanol–water partition coefficient (Wildman–Crippen LogP) is 3.76. The highest BCUT2D eigenvalue weighted by molar-refractivity contribution is 6.01. The van der Waals surface area contributed by atoms with Crippen LogP contribution in [0.1, 0.15) is 37.4 Å². The van der Waals surface area contributed by atoms with Crippen molar-refractivity contribution in [2.45, 2.75) is 32.9 Å². The number of carbonyl (C=O) groups excluding carboxylic acids is 2. The number of benzene rings is 2. The Kier molecular flexibility index (Phi) is 5.74. The minimum atomic E-state index is -0.450. The zero-order valence-corrected chi connectivity index (χ0v) is 17.4. The van der Waals surface area contributed by atoms with Crippen molar-refractivity contribution in [3.05, 3.63) is 77.0 Å². The molecule has 0 aromatic heterocycles. The van der Waals surface area contributed by atoms with Crippen LogP contribution in [0, 0.1) is 5.92 Å². The predicted molar refractivity (Wildman–Crippen MR) is 115 cm³/mol. The van der Waals surface area contributed by atoms with E-state index in [1.807, 2.05) is 59.5 Å². The van der Waals surface area contributed by atoms with Gasteiger partial charge in [-0.3, -0.25) is 4.79 Å². The molecule has 156 valence electrons. The molecule has 0 saturated heterocycles. The van der Waals surface area contributed by atoms with E-state index in [1.165, 1.54) is 0 Å². The number of ether oxygens (including phenoxy) is 1. The fourth-order valence-electron chi connectivity index (χ4n) is 3.77. The molecule has 2 aliphatic rings. The first-order valence-electron chi connectivity index (χ1n) is 10.4. The summed E-state index contributed by atoms with van der Waals surface area (Å²) in [4.78, 5) is 27.0. The second-order valence-corrected chi connectivity index (χ2v) is 8.18. The molecule has 2 aromatic carbocycles. The van der Waals surface area contributed by atoms with Gasteiger partial charge in [-0.05, 0) is 35.6 Å². The first-order valence-corrected chi connectivity index (χ1v) is 10.4. The van der Waals surface area contributed by atoms with E-state index in [1.54, 1.807) is 0 Å². The van der Waals surface area contributed by atoms with Crippen LogP contribution < -0.4 is 15.4 Å². The molecule has 6 nitrogen and oxygen atoms in total. The van der Waals surface area contributed by atoms with Gasteiger partial charge < -0.3 is 20.3 Å². The number of urea groups is 1. The molecule has 2 N–H and O–H groups in total. The SMILES string of the molecule is CC(C)CCN1CC2=C(C1=O)C(c1ccc(OCc3ccccc3)cc1)NC(=O)N2. The van der Waals surface area contributed by atoms with Crippen molar-refractivity contribution in [1.29, 1.82) is 0 Å². The topological polar surface area (TPSA) is 70.7 Å². The fourth-order valence-corrected chi connectivity index (χ4v) is 3.77. The van der Waals surface area contributed by atoms with Gasteiger partial charge in [-0.2, -0.15) is 0 Å². The van der Waals surface area contributed by atoms with Gasteiger partial charge in [-0.15, -0.1) is 0 Å². The Morgan fingerprint density at radius 3 is 2.50 bits per heavy atom. The molecule has 4 rings (SSSR count). The second kappa shape index (κ2) is 8.61. The van der Waals surface area contributed by atoms with E-state index in [0.29, 0.717) is 36.9 Å². The lowest BCUT2D eigenvalue weighted by Gasteiger charge is -2.25. The molecule has 3 amide bonds. The van der Waals surface area contributed by atoms with Gasteiger partial charge in [0.25, 0.3) is 5.91 Å². The molecule has 0 aliphatic carbocycles. The van der Waals surface area contributed by atoms with E-state index in [4.69, 9.17) is 4.74 Å². The summed E-state index contributed by atoms with van der Waals surface area (Å²) in [6.45, 7) is 5.92. The lowest BCUT2D eigenvalue weighted by molar-refractivity contribution is -0.125. The molecule has 0 radical (unpaired) electrons. The Hall–Kier alpha value is -3.28. The van der Waals surface area contributed by atoms with Crippen LogP contribution in [-0.4, -0.2) is 29.9 Å². The van der Waals surface area contributed by atoms with Crippen LogP contribution in [0.25, 0.3) is 0 Å². The van der Waals surface area contributed by atoms with Crippen molar-refractivity contribution >= 4 is 11.9 Å². The van der Waals surface area contributed by atoms with E-state index in [0.717, 1.165) is 23.3 Å². The number of hydrogen-bond donors (Lipinski definition) is 2. The average Bonchev–Trinajstić information content (AvgIpc) is 3.06. The van der Waals surface area contributed by atoms with Crippen LogP contribution in [0.2, 0.25) is 0 Å². The van der Waals surface area contributed by atoms with Gasteiger partial charge in [0.15, 0.2) is 0 Å². The zero-order valence-electron chi connectivity index (χ0n) is 17.4. The molecule has 2 aliphatic heterocycles. The fraction of sp³-hybridized carbons (Fsp3) is 0.333. The molecular weight excluding hydrogens is 378 g/mol. The number of nitrogens with zero attached hydrogens (tertiary/aromatic N) is 1. The van der Waals surface area contributed by atoms with Crippen LogP contribution in [0.3, 0.4) is 0 Å². The van der Waals surface area contributed by atoms with E-state index in [2.05, 4.69) is 24.5 Å². The highest BCUT2D eigenvalue weighted by atomic mass is 16.5. The van der Waals surface area contributed by atoms with Gasteiger partial charge in [-0.25, -0.2) is 4.79 Å². The van der Waals surface area contributed by atoms with Gasteiger partial charge in [0.2, 0.25) is 0 Å². The third-order valence-electron chi connectivity index (χ3n) is 5.46. The van der Waals surface area contributed by atoms with Crippen molar-refractivity contribution in [2.24, 2.45) is 5.92 Å². The minimum absolute atomic E-state index is 0.00689. The molecule has 2 aromatic rings. The molecule has 6 heteroatoms. The molecule has 0 saturated carbocycles. The molecule has 0 bridgehead atoms. The summed E-state index contributed by atoms with van der Waals surface area (Å²) in [6, 6.07) is 16.8. The highest BCUT2D eigenvalue weighted by Gasteiger charge is 2.40. The van der Waals surface area contributed by atoms with Crippen LogP contribution in [0.4, 0.5) is 4.79 Å². The average molecular weight is 405 g/mol. The number of amides is 3. The van der Waals surface area contributed by atoms with Crippen LogP contribution in [0.5, 0.6) is 5.75 Å². The van der Waals surface area contributed by atoms with Crippen LogP contribution in [-0.2, 0) is 11.4 Å². The quantitative estimate of drug-likeness (QED) is 0.737. The zero-order chi connectivity index (χ0) is 21.1. The third kappa shape index (κ3) is 4.32. The number of rotatable bonds is 7. The highest BCUT2D eigenvalue weighted by Crippen LogP contribution is 2.33. The second-order valence-electron chi connectivity index (χ2n) is 8.18. The van der Waals surface area contributed by atoms with Crippen molar-refractivity contribution < 1.29 is 14.3 Å². The number of nitrogens with one attached hydrogen (secondary N) is 2. The number of carbonyl (C=O) groups is 2. The van der Waals surface area contributed by atoms with Crippen molar-refractivity contribution in [3.8, 4) is 5.75 Å². The Morgan fingerprint density at radius 2 is 1.80 bits per heavy atom. The third-order valence-corrected chi connectivity index (χ3v) is 5.46. The lowest BCUT2D eigenvalue weighted by atomic mass is 9.96. The summed E-state index contributed by atoms with van der Waals surface area (Å²) < 4.78 is 5.85. The first kappa shape index (κ1) is 20.0. The summed E-state index contributed by atoms with van der Waals surface area (Å²) >= 11 is 0. The maximum Gasteiger partial charge on any atom is 0.319 e. The van der Waals surface area contributed by atoms with Gasteiger partial charge in [0, 0.05) is 6.54 Å². The molecule has 0 spiro atoms. The Balaban J connectivity index is 1.47. The van der Waals surface area contributed by atoms with Crippen LogP contribution in [0.15, 0.2) is 65.9 Å². The van der Waals surface area contributed by atoms with E-state index < -0.39 is 6.04 Å². The van der Waals surface area contributed by atoms with Gasteiger partial charge in [0.05, 0.1) is 23.9 Å². The van der Waals surface area contributed by atoms with Crippen molar-refractivity contribution in [2.75, 3.05) is 13.1 Å². The molecule has 30 heavy (non-hydrogen) atoms. The van der Waals surface area contributed by atoms with Crippen molar-refractivity contribution in [3.63, 3.8) is 0 Å². The minimum Gasteiger partial charge on any atom is -0.489 e. The number of hydrogen-bond acceptors (Lipinski definition) is 3. The maximum atomic E-state index is 13.0. The van der Waals surface area contributed by atoms with E-state index in [-0.39, 0.29) is 11.9 Å². The van der Waals surface area contributed by atoms with Gasteiger partial charge >= 0.3 is 6.03 Å².